The Hall–Kier alpha value is -0.830. The zero-order valence-electron chi connectivity index (χ0n) is 4.95. The van der Waals surface area contributed by atoms with Crippen LogP contribution < -0.4 is 5.73 Å². The van der Waals surface area contributed by atoms with Crippen molar-refractivity contribution in [2.75, 3.05) is 0 Å². The minimum absolute atomic E-state index is 0.275. The van der Waals surface area contributed by atoms with Crippen LogP contribution >= 0.6 is 0 Å². The van der Waals surface area contributed by atoms with E-state index in [4.69, 9.17) is 10.8 Å². The van der Waals surface area contributed by atoms with Crippen LogP contribution in [0, 0.1) is 5.92 Å². The minimum atomic E-state index is -0.799. The molecule has 2 atom stereocenters. The van der Waals surface area contributed by atoms with Crippen LogP contribution in [0.4, 0.5) is 0 Å². The SMILES string of the molecule is N[C@H]1C=CC[C@@H]1C(=O)O. The summed E-state index contributed by atoms with van der Waals surface area (Å²) in [4.78, 5) is 10.3. The van der Waals surface area contributed by atoms with E-state index in [-0.39, 0.29) is 12.0 Å². The van der Waals surface area contributed by atoms with E-state index in [0.717, 1.165) is 0 Å². The van der Waals surface area contributed by atoms with E-state index in [1.165, 1.54) is 0 Å². The molecule has 0 heterocycles. The smallest absolute Gasteiger partial charge is 0.308 e. The highest BCUT2D eigenvalue weighted by atomic mass is 16.4. The Morgan fingerprint density at radius 1 is 1.78 bits per heavy atom. The van der Waals surface area contributed by atoms with E-state index in [9.17, 15) is 4.79 Å². The van der Waals surface area contributed by atoms with Crippen LogP contribution in [0.5, 0.6) is 0 Å². The molecular weight excluding hydrogens is 118 g/mol. The molecule has 0 aromatic heterocycles. The monoisotopic (exact) mass is 127 g/mol. The molecule has 0 aliphatic heterocycles. The molecule has 3 N–H and O–H groups in total. The number of carboxylic acids is 1. The van der Waals surface area contributed by atoms with E-state index in [1.807, 2.05) is 6.08 Å². The number of aliphatic carboxylic acids is 1. The zero-order valence-corrected chi connectivity index (χ0v) is 4.95. The van der Waals surface area contributed by atoms with E-state index >= 15 is 0 Å². The standard InChI is InChI=1S/C6H9NO2/c7-5-3-1-2-4(5)6(8)9/h1,3-5H,2,7H2,(H,8,9)/t4-,5-/m0/s1. The first-order chi connectivity index (χ1) is 4.22. The van der Waals surface area contributed by atoms with Gasteiger partial charge in [-0.05, 0) is 6.42 Å². The third kappa shape index (κ3) is 1.10. The second-order valence-corrected chi connectivity index (χ2v) is 2.19. The second-order valence-electron chi connectivity index (χ2n) is 2.19. The Bertz CT molecular complexity index is 153. The van der Waals surface area contributed by atoms with E-state index in [2.05, 4.69) is 0 Å². The first-order valence-electron chi connectivity index (χ1n) is 2.87. The van der Waals surface area contributed by atoms with Gasteiger partial charge in [0.25, 0.3) is 0 Å². The van der Waals surface area contributed by atoms with E-state index in [1.54, 1.807) is 6.08 Å². The first kappa shape index (κ1) is 6.29. The van der Waals surface area contributed by atoms with Gasteiger partial charge in [0, 0.05) is 6.04 Å². The van der Waals surface area contributed by atoms with Gasteiger partial charge in [-0.2, -0.15) is 0 Å². The molecule has 0 aromatic rings. The van der Waals surface area contributed by atoms with Gasteiger partial charge in [0.2, 0.25) is 0 Å². The highest BCUT2D eigenvalue weighted by Crippen LogP contribution is 2.16. The Morgan fingerprint density at radius 2 is 2.44 bits per heavy atom. The van der Waals surface area contributed by atoms with Crippen LogP contribution in [-0.2, 0) is 4.79 Å². The summed E-state index contributed by atoms with van der Waals surface area (Å²) in [5.41, 5.74) is 5.41. The van der Waals surface area contributed by atoms with Gasteiger partial charge in [0.1, 0.15) is 0 Å². The van der Waals surface area contributed by atoms with Crippen LogP contribution in [0.3, 0.4) is 0 Å². The summed E-state index contributed by atoms with van der Waals surface area (Å²) >= 11 is 0. The Balaban J connectivity index is 2.55. The maximum Gasteiger partial charge on any atom is 0.308 e. The zero-order chi connectivity index (χ0) is 6.85. The quantitative estimate of drug-likeness (QED) is 0.486. The van der Waals surface area contributed by atoms with Crippen molar-refractivity contribution in [3.63, 3.8) is 0 Å². The Morgan fingerprint density at radius 3 is 2.67 bits per heavy atom. The minimum Gasteiger partial charge on any atom is -0.481 e. The molecule has 0 saturated carbocycles. The lowest BCUT2D eigenvalue weighted by Gasteiger charge is -2.07. The van der Waals surface area contributed by atoms with Crippen molar-refractivity contribution < 1.29 is 9.90 Å². The fourth-order valence-electron chi connectivity index (χ4n) is 0.939. The summed E-state index contributed by atoms with van der Waals surface area (Å²) < 4.78 is 0. The van der Waals surface area contributed by atoms with E-state index < -0.39 is 5.97 Å². The van der Waals surface area contributed by atoms with Crippen LogP contribution in [0.2, 0.25) is 0 Å². The molecule has 0 saturated heterocycles. The van der Waals surface area contributed by atoms with Crippen molar-refractivity contribution in [3.05, 3.63) is 12.2 Å². The van der Waals surface area contributed by atoms with Gasteiger partial charge in [-0.15, -0.1) is 0 Å². The van der Waals surface area contributed by atoms with Crippen molar-refractivity contribution >= 4 is 5.97 Å². The van der Waals surface area contributed by atoms with Crippen molar-refractivity contribution in [2.45, 2.75) is 12.5 Å². The van der Waals surface area contributed by atoms with Crippen molar-refractivity contribution in [2.24, 2.45) is 11.7 Å². The molecule has 0 aromatic carbocycles. The molecule has 0 unspecified atom stereocenters. The molecule has 0 spiro atoms. The average Bonchev–Trinajstić information content (AvgIpc) is 2.13. The number of allylic oxidation sites excluding steroid dienone is 1. The number of hydrogen-bond donors (Lipinski definition) is 2. The fraction of sp³-hybridized carbons (Fsp3) is 0.500. The summed E-state index contributed by atoms with van der Waals surface area (Å²) in [6, 6.07) is -0.275. The largest absolute Gasteiger partial charge is 0.481 e. The summed E-state index contributed by atoms with van der Waals surface area (Å²) in [6.45, 7) is 0. The van der Waals surface area contributed by atoms with Crippen LogP contribution in [-0.4, -0.2) is 17.1 Å². The Kier molecular flexibility index (Phi) is 1.53. The second kappa shape index (κ2) is 2.19. The topological polar surface area (TPSA) is 63.3 Å². The maximum atomic E-state index is 10.3. The van der Waals surface area contributed by atoms with Gasteiger partial charge in [0.15, 0.2) is 0 Å². The normalized spacial score (nSPS) is 33.0. The predicted molar refractivity (Wildman–Crippen MR) is 32.9 cm³/mol. The van der Waals surface area contributed by atoms with Crippen molar-refractivity contribution in [1.82, 2.24) is 0 Å². The molecule has 0 radical (unpaired) electrons. The third-order valence-corrected chi connectivity index (χ3v) is 1.53. The van der Waals surface area contributed by atoms with Gasteiger partial charge in [-0.1, -0.05) is 12.2 Å². The fourth-order valence-corrected chi connectivity index (χ4v) is 0.939. The van der Waals surface area contributed by atoms with Gasteiger partial charge in [-0.25, -0.2) is 0 Å². The molecule has 1 rings (SSSR count). The molecule has 50 valence electrons. The highest BCUT2D eigenvalue weighted by Gasteiger charge is 2.25. The van der Waals surface area contributed by atoms with E-state index in [0.29, 0.717) is 6.42 Å². The molecular formula is C6H9NO2. The van der Waals surface area contributed by atoms with Crippen LogP contribution in [0.1, 0.15) is 6.42 Å². The highest BCUT2D eigenvalue weighted by molar-refractivity contribution is 5.72. The lowest BCUT2D eigenvalue weighted by atomic mass is 10.0. The maximum absolute atomic E-state index is 10.3. The summed E-state index contributed by atoms with van der Waals surface area (Å²) in [5, 5.41) is 8.46. The average molecular weight is 127 g/mol. The van der Waals surface area contributed by atoms with Crippen LogP contribution in [0.25, 0.3) is 0 Å². The summed E-state index contributed by atoms with van der Waals surface area (Å²) in [5.74, 6) is -1.18. The molecule has 1 aliphatic rings. The molecule has 0 bridgehead atoms. The predicted octanol–water partition coefficient (Wildman–Crippen LogP) is -0.0256. The van der Waals surface area contributed by atoms with Crippen molar-refractivity contribution in [3.8, 4) is 0 Å². The van der Waals surface area contributed by atoms with Crippen molar-refractivity contribution in [1.29, 1.82) is 0 Å². The van der Waals surface area contributed by atoms with Gasteiger partial charge in [0.05, 0.1) is 5.92 Å². The first-order valence-corrected chi connectivity index (χ1v) is 2.87. The molecule has 3 nitrogen and oxygen atoms in total. The Labute approximate surface area is 53.2 Å². The number of rotatable bonds is 1. The van der Waals surface area contributed by atoms with Gasteiger partial charge >= 0.3 is 5.97 Å². The molecule has 3 heteroatoms. The summed E-state index contributed by atoms with van der Waals surface area (Å²) in [7, 11) is 0. The molecule has 0 amide bonds. The third-order valence-electron chi connectivity index (χ3n) is 1.53. The lowest BCUT2D eigenvalue weighted by Crippen LogP contribution is -2.30. The molecule has 0 fully saturated rings. The number of carboxylic acid groups (broad SMARTS) is 1. The van der Waals surface area contributed by atoms with Gasteiger partial charge < -0.3 is 10.8 Å². The molecule has 1 aliphatic carbocycles. The van der Waals surface area contributed by atoms with Crippen LogP contribution in [0.15, 0.2) is 12.2 Å². The number of nitrogens with two attached hydrogens (primary N) is 1. The number of hydrogen-bond acceptors (Lipinski definition) is 2. The number of carbonyl (C=O) groups is 1. The lowest BCUT2D eigenvalue weighted by molar-refractivity contribution is -0.141. The molecule has 9 heavy (non-hydrogen) atoms. The summed E-state index contributed by atoms with van der Waals surface area (Å²) in [6.07, 6.45) is 4.12. The van der Waals surface area contributed by atoms with Gasteiger partial charge in [-0.3, -0.25) is 4.79 Å².